The zero-order valence-electron chi connectivity index (χ0n) is 23.8. The molecule has 0 saturated carbocycles. The van der Waals surface area contributed by atoms with Crippen LogP contribution < -0.4 is 10.2 Å². The standard InChI is InChI=1S/C29H27N7O8/c1-3-27(38)31-25-14-22(34(17-20-7-5-4-6-8-20)12-11-28(39)44-18-19(2)37)9-10-24(25)32-33-29-21(16-30)13-23(35(40)41)15-26(29)36(42)43/h4-10,13-15H,3,11-12,17-18H2,1-2H3,(H,31,38). The molecule has 0 radical (unpaired) electrons. The summed E-state index contributed by atoms with van der Waals surface area (Å²) in [5.41, 5.74) is -0.631. The number of ether oxygens (including phenoxy) is 1. The summed E-state index contributed by atoms with van der Waals surface area (Å²) >= 11 is 0. The average molecular weight is 602 g/mol. The van der Waals surface area contributed by atoms with Crippen LogP contribution in [0, 0.1) is 31.6 Å². The molecule has 0 aromatic heterocycles. The quantitative estimate of drug-likeness (QED) is 0.103. The summed E-state index contributed by atoms with van der Waals surface area (Å²) in [5.74, 6) is -1.23. The van der Waals surface area contributed by atoms with Crippen molar-refractivity contribution in [3.8, 4) is 6.07 Å². The summed E-state index contributed by atoms with van der Waals surface area (Å²) in [6, 6.07) is 17.3. The molecule has 0 heterocycles. The summed E-state index contributed by atoms with van der Waals surface area (Å²) in [6.45, 7) is 3.16. The van der Waals surface area contributed by atoms with Crippen molar-refractivity contribution in [2.75, 3.05) is 23.4 Å². The van der Waals surface area contributed by atoms with E-state index in [2.05, 4.69) is 15.5 Å². The number of non-ortho nitro benzene ring substituents is 1. The molecule has 0 fully saturated rings. The number of carbonyl (C=O) groups is 3. The topological polar surface area (TPSA) is 210 Å². The molecule has 1 N–H and O–H groups in total. The van der Waals surface area contributed by atoms with E-state index in [0.717, 1.165) is 11.6 Å². The van der Waals surface area contributed by atoms with E-state index < -0.39 is 38.4 Å². The molecule has 3 aromatic carbocycles. The molecule has 0 aliphatic heterocycles. The van der Waals surface area contributed by atoms with Crippen molar-refractivity contribution < 1.29 is 29.0 Å². The molecular weight excluding hydrogens is 574 g/mol. The number of rotatable bonds is 14. The molecule has 0 aliphatic rings. The first-order valence-corrected chi connectivity index (χ1v) is 13.2. The number of nitro benzene ring substituents is 2. The predicted octanol–water partition coefficient (Wildman–Crippen LogP) is 5.67. The highest BCUT2D eigenvalue weighted by Crippen LogP contribution is 2.38. The molecule has 0 saturated heterocycles. The maximum Gasteiger partial charge on any atom is 0.308 e. The number of esters is 1. The minimum atomic E-state index is -0.909. The van der Waals surface area contributed by atoms with Gasteiger partial charge in [-0.15, -0.1) is 10.2 Å². The van der Waals surface area contributed by atoms with Gasteiger partial charge in [-0.2, -0.15) is 5.26 Å². The summed E-state index contributed by atoms with van der Waals surface area (Å²) in [6.07, 6.45) is 0.0713. The Kier molecular flexibility index (Phi) is 11.3. The lowest BCUT2D eigenvalue weighted by molar-refractivity contribution is -0.393. The number of amides is 1. The minimum absolute atomic E-state index is 0.0427. The Bertz CT molecular complexity index is 1650. The highest BCUT2D eigenvalue weighted by atomic mass is 16.6. The number of hydrogen-bond donors (Lipinski definition) is 1. The van der Waals surface area contributed by atoms with E-state index in [1.165, 1.54) is 13.0 Å². The Labute approximate surface area is 251 Å². The average Bonchev–Trinajstić information content (AvgIpc) is 3.01. The van der Waals surface area contributed by atoms with Crippen LogP contribution >= 0.6 is 0 Å². The van der Waals surface area contributed by atoms with Gasteiger partial charge in [0.05, 0.1) is 33.6 Å². The van der Waals surface area contributed by atoms with Crippen LogP contribution in [0.2, 0.25) is 0 Å². The van der Waals surface area contributed by atoms with Crippen molar-refractivity contribution in [2.45, 2.75) is 33.2 Å². The van der Waals surface area contributed by atoms with E-state index in [0.29, 0.717) is 18.3 Å². The van der Waals surface area contributed by atoms with Gasteiger partial charge in [-0.3, -0.25) is 34.6 Å². The van der Waals surface area contributed by atoms with Gasteiger partial charge in [0.1, 0.15) is 18.4 Å². The number of nitrogens with one attached hydrogen (secondary N) is 1. The largest absolute Gasteiger partial charge is 0.458 e. The van der Waals surface area contributed by atoms with E-state index in [4.69, 9.17) is 4.74 Å². The van der Waals surface area contributed by atoms with Crippen molar-refractivity contribution in [3.05, 3.63) is 92.0 Å². The molecule has 15 nitrogen and oxygen atoms in total. The minimum Gasteiger partial charge on any atom is -0.458 e. The maximum absolute atomic E-state index is 12.4. The van der Waals surface area contributed by atoms with E-state index in [-0.39, 0.29) is 49.1 Å². The van der Waals surface area contributed by atoms with Crippen LogP contribution in [0.5, 0.6) is 0 Å². The molecule has 0 spiro atoms. The van der Waals surface area contributed by atoms with Crippen LogP contribution in [-0.2, 0) is 25.7 Å². The summed E-state index contributed by atoms with van der Waals surface area (Å²) in [7, 11) is 0. The third-order valence-corrected chi connectivity index (χ3v) is 6.04. The number of ketones is 1. The smallest absolute Gasteiger partial charge is 0.308 e. The van der Waals surface area contributed by atoms with Crippen molar-refractivity contribution in [3.63, 3.8) is 0 Å². The molecule has 0 atom stereocenters. The molecule has 0 aliphatic carbocycles. The number of anilines is 2. The van der Waals surface area contributed by atoms with E-state index in [9.17, 15) is 39.9 Å². The van der Waals surface area contributed by atoms with Gasteiger partial charge in [-0.1, -0.05) is 37.3 Å². The second-order valence-corrected chi connectivity index (χ2v) is 9.31. The third-order valence-electron chi connectivity index (χ3n) is 6.04. The van der Waals surface area contributed by atoms with Crippen molar-refractivity contribution >= 4 is 51.8 Å². The lowest BCUT2D eigenvalue weighted by Gasteiger charge is -2.25. The number of carbonyl (C=O) groups excluding carboxylic acids is 3. The highest BCUT2D eigenvalue weighted by Gasteiger charge is 2.25. The molecule has 0 bridgehead atoms. The van der Waals surface area contributed by atoms with Gasteiger partial charge in [-0.25, -0.2) is 0 Å². The lowest BCUT2D eigenvalue weighted by atomic mass is 10.1. The number of benzene rings is 3. The van der Waals surface area contributed by atoms with E-state index in [1.807, 2.05) is 35.2 Å². The third kappa shape index (κ3) is 8.98. The SMILES string of the molecule is CCC(=O)Nc1cc(N(CCC(=O)OCC(C)=O)Cc2ccccc2)ccc1N=Nc1c(C#N)cc([N+](=O)[O-])cc1[N+](=O)[O-]. The maximum atomic E-state index is 12.4. The van der Waals surface area contributed by atoms with Gasteiger partial charge in [0.2, 0.25) is 5.91 Å². The number of nitrogens with zero attached hydrogens (tertiary/aromatic N) is 6. The number of azo groups is 1. The Morgan fingerprint density at radius 3 is 2.36 bits per heavy atom. The molecular formula is C29H27N7O8. The zero-order chi connectivity index (χ0) is 32.2. The van der Waals surface area contributed by atoms with Crippen LogP contribution in [0.25, 0.3) is 0 Å². The van der Waals surface area contributed by atoms with E-state index >= 15 is 0 Å². The first-order valence-electron chi connectivity index (χ1n) is 13.2. The second kappa shape index (κ2) is 15.3. The van der Waals surface area contributed by atoms with Crippen LogP contribution in [0.3, 0.4) is 0 Å². The molecule has 0 unspecified atom stereocenters. The highest BCUT2D eigenvalue weighted by molar-refractivity contribution is 5.94. The van der Waals surface area contributed by atoms with Crippen LogP contribution in [0.1, 0.15) is 37.8 Å². The van der Waals surface area contributed by atoms with Crippen LogP contribution in [0.15, 0.2) is 70.9 Å². The van der Waals surface area contributed by atoms with Gasteiger partial charge >= 0.3 is 11.7 Å². The second-order valence-electron chi connectivity index (χ2n) is 9.31. The molecule has 226 valence electrons. The van der Waals surface area contributed by atoms with Crippen LogP contribution in [-0.4, -0.2) is 40.7 Å². The van der Waals surface area contributed by atoms with Crippen molar-refractivity contribution in [1.29, 1.82) is 5.26 Å². The Morgan fingerprint density at radius 2 is 1.75 bits per heavy atom. The van der Waals surface area contributed by atoms with Gasteiger partial charge in [0.25, 0.3) is 5.69 Å². The number of nitro groups is 2. The first-order chi connectivity index (χ1) is 21.0. The number of nitriles is 1. The Morgan fingerprint density at radius 1 is 1.02 bits per heavy atom. The summed E-state index contributed by atoms with van der Waals surface area (Å²) < 4.78 is 4.98. The first kappa shape index (κ1) is 32.5. The number of hydrogen-bond acceptors (Lipinski definition) is 12. The molecule has 3 aromatic rings. The van der Waals surface area contributed by atoms with Gasteiger partial charge in [-0.05, 0) is 30.7 Å². The van der Waals surface area contributed by atoms with Gasteiger partial charge in [0.15, 0.2) is 11.5 Å². The Hall–Kier alpha value is -6.04. The molecule has 15 heteroatoms. The van der Waals surface area contributed by atoms with Crippen molar-refractivity contribution in [1.82, 2.24) is 0 Å². The van der Waals surface area contributed by atoms with Crippen molar-refractivity contribution in [2.24, 2.45) is 10.2 Å². The van der Waals surface area contributed by atoms with E-state index in [1.54, 1.807) is 25.1 Å². The van der Waals surface area contributed by atoms with Gasteiger partial charge in [0, 0.05) is 31.3 Å². The fraction of sp³-hybridized carbons (Fsp3) is 0.241. The normalized spacial score (nSPS) is 10.6. The molecule has 1 amide bonds. The molecule has 44 heavy (non-hydrogen) atoms. The summed E-state index contributed by atoms with van der Waals surface area (Å²) in [4.78, 5) is 58.7. The zero-order valence-corrected chi connectivity index (χ0v) is 23.8. The van der Waals surface area contributed by atoms with Gasteiger partial charge < -0.3 is 15.0 Å². The fourth-order valence-corrected chi connectivity index (χ4v) is 3.87. The fourth-order valence-electron chi connectivity index (χ4n) is 3.87. The molecule has 3 rings (SSSR count). The Balaban J connectivity index is 2.04. The monoisotopic (exact) mass is 601 g/mol. The summed E-state index contributed by atoms with van der Waals surface area (Å²) in [5, 5.41) is 43.0. The lowest BCUT2D eigenvalue weighted by Crippen LogP contribution is -2.27. The number of Topliss-reactive ketones (excluding diaryl/α,β-unsaturated/α-hetero) is 1. The predicted molar refractivity (Wildman–Crippen MR) is 158 cm³/mol. The van der Waals surface area contributed by atoms with Crippen LogP contribution in [0.4, 0.5) is 34.1 Å².